The molecule has 4 saturated carbocycles. The zero-order valence-corrected chi connectivity index (χ0v) is 24.0. The van der Waals surface area contributed by atoms with E-state index in [1.165, 1.54) is 56.2 Å². The molecule has 2 heterocycles. The van der Waals surface area contributed by atoms with Gasteiger partial charge in [0, 0.05) is 43.3 Å². The van der Waals surface area contributed by atoms with E-state index in [0.29, 0.717) is 40.6 Å². The maximum Gasteiger partial charge on any atom is 0.136 e. The maximum absolute atomic E-state index is 12.4. The second-order valence-corrected chi connectivity index (χ2v) is 15.5. The smallest absolute Gasteiger partial charge is 0.136 e. The van der Waals surface area contributed by atoms with Gasteiger partial charge in [0.1, 0.15) is 5.78 Å². The standard InChI is InChI=1S/C35H47NO2/c1-22-16-30-31(36(19-22)20-24-8-6-5-7-9-24)23(2)35(38-30)15-13-28-27-11-10-25-17-26(37)12-14-32(25,3)29(27)18-34(28)21-33(34,35)4/h5-10,22-23,27-31H,11-21H2,1-4H3/t22-,23+,27-,28-,29-,30+,31-,32-,33?,34?,35+/m0/s1. The van der Waals surface area contributed by atoms with E-state index in [0.717, 1.165) is 43.6 Å². The van der Waals surface area contributed by atoms with Crippen LogP contribution in [0, 0.1) is 45.8 Å². The van der Waals surface area contributed by atoms with Crippen LogP contribution in [0.1, 0.15) is 91.0 Å². The van der Waals surface area contributed by atoms with Crippen LogP contribution in [0.2, 0.25) is 0 Å². The lowest BCUT2D eigenvalue weighted by Gasteiger charge is -2.50. The van der Waals surface area contributed by atoms with Gasteiger partial charge < -0.3 is 4.74 Å². The van der Waals surface area contributed by atoms with Crippen LogP contribution >= 0.6 is 0 Å². The fourth-order valence-corrected chi connectivity index (χ4v) is 12.3. The summed E-state index contributed by atoms with van der Waals surface area (Å²) < 4.78 is 7.50. The first-order valence-corrected chi connectivity index (χ1v) is 15.9. The van der Waals surface area contributed by atoms with Gasteiger partial charge in [-0.2, -0.15) is 0 Å². The zero-order valence-electron chi connectivity index (χ0n) is 24.0. The van der Waals surface area contributed by atoms with Gasteiger partial charge in [0.25, 0.3) is 0 Å². The Labute approximate surface area is 229 Å². The molecule has 11 atom stereocenters. The van der Waals surface area contributed by atoms with E-state index >= 15 is 0 Å². The van der Waals surface area contributed by atoms with E-state index in [9.17, 15) is 4.79 Å². The van der Waals surface area contributed by atoms with Crippen LogP contribution in [0.15, 0.2) is 42.0 Å². The van der Waals surface area contributed by atoms with E-state index in [-0.39, 0.29) is 11.0 Å². The van der Waals surface area contributed by atoms with Gasteiger partial charge in [-0.3, -0.25) is 9.69 Å². The molecule has 2 unspecified atom stereocenters. The Morgan fingerprint density at radius 2 is 1.89 bits per heavy atom. The first kappa shape index (κ1) is 24.4. The van der Waals surface area contributed by atoms with E-state index in [2.05, 4.69) is 69.0 Å². The third-order valence-corrected chi connectivity index (χ3v) is 14.1. The fraction of sp³-hybridized carbons (Fsp3) is 0.743. The Kier molecular flexibility index (Phi) is 5.03. The monoisotopic (exact) mass is 513 g/mol. The summed E-state index contributed by atoms with van der Waals surface area (Å²) in [4.78, 5) is 15.2. The first-order chi connectivity index (χ1) is 18.2. The predicted octanol–water partition coefficient (Wildman–Crippen LogP) is 7.20. The van der Waals surface area contributed by atoms with Crippen molar-refractivity contribution in [2.75, 3.05) is 6.54 Å². The summed E-state index contributed by atoms with van der Waals surface area (Å²) >= 11 is 0. The van der Waals surface area contributed by atoms with Crippen LogP contribution in [0.25, 0.3) is 0 Å². The van der Waals surface area contributed by atoms with Gasteiger partial charge >= 0.3 is 0 Å². The number of Topliss-reactive ketones (excluding diaryl/α,β-unsaturated/α-hetero) is 1. The first-order valence-electron chi connectivity index (χ1n) is 15.9. The van der Waals surface area contributed by atoms with Crippen molar-refractivity contribution in [2.45, 2.75) is 110 Å². The van der Waals surface area contributed by atoms with Gasteiger partial charge in [-0.05, 0) is 85.0 Å². The lowest BCUT2D eigenvalue weighted by Crippen LogP contribution is -2.54. The van der Waals surface area contributed by atoms with Crippen molar-refractivity contribution in [1.29, 1.82) is 0 Å². The molecule has 0 N–H and O–H groups in total. The molecule has 204 valence electrons. The third kappa shape index (κ3) is 2.91. The molecule has 38 heavy (non-hydrogen) atoms. The largest absolute Gasteiger partial charge is 0.369 e. The Balaban J connectivity index is 1.11. The maximum atomic E-state index is 12.4. The molecule has 3 heteroatoms. The third-order valence-electron chi connectivity index (χ3n) is 14.1. The minimum Gasteiger partial charge on any atom is -0.369 e. The Morgan fingerprint density at radius 3 is 2.71 bits per heavy atom. The number of nitrogens with zero attached hydrogens (tertiary/aromatic N) is 1. The molecule has 1 aromatic carbocycles. The minimum atomic E-state index is 0.0328. The average Bonchev–Trinajstić information content (AvgIpc) is 3.23. The van der Waals surface area contributed by atoms with Crippen molar-refractivity contribution in [2.24, 2.45) is 45.8 Å². The number of piperidine rings is 1. The van der Waals surface area contributed by atoms with E-state index in [4.69, 9.17) is 4.74 Å². The summed E-state index contributed by atoms with van der Waals surface area (Å²) in [5, 5.41) is 0. The summed E-state index contributed by atoms with van der Waals surface area (Å²) in [6.07, 6.45) is 13.4. The van der Waals surface area contributed by atoms with Crippen molar-refractivity contribution >= 4 is 5.78 Å². The second kappa shape index (κ2) is 7.84. The van der Waals surface area contributed by atoms with Crippen LogP contribution in [0.4, 0.5) is 0 Å². The van der Waals surface area contributed by atoms with Crippen molar-refractivity contribution in [1.82, 2.24) is 4.90 Å². The molecular weight excluding hydrogens is 466 g/mol. The normalized spacial score (nSPS) is 53.0. The molecule has 2 aliphatic heterocycles. The van der Waals surface area contributed by atoms with Gasteiger partial charge in [0.05, 0.1) is 11.7 Å². The zero-order chi connectivity index (χ0) is 26.1. The number of hydrogen-bond acceptors (Lipinski definition) is 3. The molecule has 6 fully saturated rings. The average molecular weight is 514 g/mol. The fourth-order valence-electron chi connectivity index (χ4n) is 12.3. The molecule has 7 aliphatic rings. The number of fused-ring (bicyclic) bond motifs is 6. The number of ketones is 1. The summed E-state index contributed by atoms with van der Waals surface area (Å²) in [6.45, 7) is 12.5. The molecule has 0 bridgehead atoms. The van der Waals surface area contributed by atoms with Crippen LogP contribution < -0.4 is 0 Å². The van der Waals surface area contributed by atoms with Gasteiger partial charge in [-0.15, -0.1) is 0 Å². The number of ether oxygens (including phenoxy) is 1. The Bertz CT molecular complexity index is 1190. The highest BCUT2D eigenvalue weighted by molar-refractivity contribution is 5.82. The number of allylic oxidation sites excluding steroid dienone is 2. The Hall–Kier alpha value is -1.45. The van der Waals surface area contributed by atoms with Gasteiger partial charge in [0.2, 0.25) is 0 Å². The molecule has 0 aromatic heterocycles. The lowest BCUT2D eigenvalue weighted by atomic mass is 9.56. The molecule has 8 rings (SSSR count). The van der Waals surface area contributed by atoms with E-state index < -0.39 is 0 Å². The van der Waals surface area contributed by atoms with Gasteiger partial charge in [-0.25, -0.2) is 0 Å². The second-order valence-electron chi connectivity index (χ2n) is 15.5. The number of carbonyl (C=O) groups excluding carboxylic acids is 1. The number of rotatable bonds is 2. The van der Waals surface area contributed by atoms with Crippen LogP contribution in [-0.4, -0.2) is 35.0 Å². The molecule has 0 amide bonds. The van der Waals surface area contributed by atoms with Gasteiger partial charge in [-0.1, -0.05) is 69.7 Å². The molecule has 0 radical (unpaired) electrons. The minimum absolute atomic E-state index is 0.0328. The molecular formula is C35H47NO2. The highest BCUT2D eigenvalue weighted by Gasteiger charge is 2.84. The van der Waals surface area contributed by atoms with Crippen molar-refractivity contribution in [3.05, 3.63) is 47.5 Å². The molecule has 5 aliphatic carbocycles. The number of hydrogen-bond donors (Lipinski definition) is 0. The van der Waals surface area contributed by atoms with Crippen LogP contribution in [-0.2, 0) is 16.1 Å². The highest BCUT2D eigenvalue weighted by atomic mass is 16.5. The summed E-state index contributed by atoms with van der Waals surface area (Å²) in [6, 6.07) is 11.7. The van der Waals surface area contributed by atoms with Crippen molar-refractivity contribution < 1.29 is 9.53 Å². The molecule has 2 saturated heterocycles. The van der Waals surface area contributed by atoms with E-state index in [1.807, 2.05) is 0 Å². The lowest BCUT2D eigenvalue weighted by molar-refractivity contribution is -0.148. The van der Waals surface area contributed by atoms with Crippen molar-refractivity contribution in [3.63, 3.8) is 0 Å². The van der Waals surface area contributed by atoms with Gasteiger partial charge in [0.15, 0.2) is 0 Å². The highest BCUT2D eigenvalue weighted by Crippen LogP contribution is 2.87. The predicted molar refractivity (Wildman–Crippen MR) is 150 cm³/mol. The molecule has 1 aromatic rings. The van der Waals surface area contributed by atoms with Crippen molar-refractivity contribution in [3.8, 4) is 0 Å². The summed E-state index contributed by atoms with van der Waals surface area (Å²) in [5.41, 5.74) is 4.01. The summed E-state index contributed by atoms with van der Waals surface area (Å²) in [7, 11) is 0. The number of carbonyl (C=O) groups is 1. The van der Waals surface area contributed by atoms with Crippen LogP contribution in [0.5, 0.6) is 0 Å². The number of likely N-dealkylation sites (tertiary alicyclic amines) is 1. The Morgan fingerprint density at radius 1 is 1.08 bits per heavy atom. The van der Waals surface area contributed by atoms with E-state index in [1.54, 1.807) is 0 Å². The quantitative estimate of drug-likeness (QED) is 0.392. The van der Waals surface area contributed by atoms with Crippen LogP contribution in [0.3, 0.4) is 0 Å². The topological polar surface area (TPSA) is 29.5 Å². The molecule has 2 spiro atoms. The SMILES string of the molecule is C[C@H]1C[C@H]2O[C@]3(CC[C@H]4[C@@H]5CC=C6CC(=O)CC[C@]6(C)[C@H]5CC45CC53C)[C@H](C)[C@@H]2N(Cc2ccccc2)C1. The molecule has 3 nitrogen and oxygen atoms in total. The summed E-state index contributed by atoms with van der Waals surface area (Å²) in [5.74, 6) is 4.19. The number of benzene rings is 1.